The van der Waals surface area contributed by atoms with Gasteiger partial charge < -0.3 is 15.0 Å². The normalized spacial score (nSPS) is 17.0. The average molecular weight is 785 g/mol. The highest BCUT2D eigenvalue weighted by Crippen LogP contribution is 2.54. The molecule has 3 nitrogen and oxygen atoms in total. The van der Waals surface area contributed by atoms with E-state index in [-0.39, 0.29) is 16.2 Å². The number of anilines is 5. The largest absolute Gasteiger partial charge is 0.455 e. The van der Waals surface area contributed by atoms with Crippen LogP contribution >= 0.6 is 11.8 Å². The van der Waals surface area contributed by atoms with Gasteiger partial charge in [0.25, 0.3) is 0 Å². The maximum absolute atomic E-state index is 6.74. The third-order valence-electron chi connectivity index (χ3n) is 13.9. The highest BCUT2D eigenvalue weighted by atomic mass is 32.2. The molecule has 290 valence electrons. The Balaban J connectivity index is 1.20. The van der Waals surface area contributed by atoms with Crippen molar-refractivity contribution in [2.45, 2.75) is 87.3 Å². The summed E-state index contributed by atoms with van der Waals surface area (Å²) < 4.78 is 6.74. The molecule has 3 aliphatic heterocycles. The molecule has 0 spiro atoms. The predicted molar refractivity (Wildman–Crippen MR) is 251 cm³/mol. The molecule has 5 heteroatoms. The van der Waals surface area contributed by atoms with E-state index in [1.54, 1.807) is 0 Å². The number of hydrogen-bond acceptors (Lipinski definition) is 4. The van der Waals surface area contributed by atoms with E-state index in [4.69, 9.17) is 4.74 Å². The molecule has 0 amide bonds. The fourth-order valence-corrected chi connectivity index (χ4v) is 11.4. The summed E-state index contributed by atoms with van der Waals surface area (Å²) in [5.74, 6) is 1.83. The van der Waals surface area contributed by atoms with Crippen molar-refractivity contribution in [1.82, 2.24) is 0 Å². The summed E-state index contributed by atoms with van der Waals surface area (Å²) in [5, 5.41) is 3.97. The van der Waals surface area contributed by atoms with Crippen molar-refractivity contribution >= 4 is 58.4 Å². The third kappa shape index (κ3) is 5.64. The van der Waals surface area contributed by atoms with Gasteiger partial charge in [0.1, 0.15) is 11.5 Å². The first-order valence-electron chi connectivity index (χ1n) is 21.2. The van der Waals surface area contributed by atoms with E-state index in [0.29, 0.717) is 0 Å². The molecular formula is C54H49BN2OS. The Morgan fingerprint density at radius 3 is 2.10 bits per heavy atom. The van der Waals surface area contributed by atoms with Crippen LogP contribution in [0.4, 0.5) is 28.4 Å². The zero-order valence-corrected chi connectivity index (χ0v) is 35.9. The first-order chi connectivity index (χ1) is 28.4. The van der Waals surface area contributed by atoms with Crippen LogP contribution in [0, 0.1) is 6.92 Å². The van der Waals surface area contributed by atoms with Crippen molar-refractivity contribution in [2.24, 2.45) is 0 Å². The molecule has 0 fully saturated rings. The second-order valence-corrected chi connectivity index (χ2v) is 20.0. The summed E-state index contributed by atoms with van der Waals surface area (Å²) in [5.41, 5.74) is 20.4. The van der Waals surface area contributed by atoms with Crippen LogP contribution in [0.3, 0.4) is 0 Å². The summed E-state index contributed by atoms with van der Waals surface area (Å²) in [6.07, 6.45) is 2.35. The first-order valence-corrected chi connectivity index (χ1v) is 22.0. The molecule has 0 saturated carbocycles. The smallest absolute Gasteiger partial charge is 0.198 e. The van der Waals surface area contributed by atoms with Crippen molar-refractivity contribution in [3.8, 4) is 33.8 Å². The van der Waals surface area contributed by atoms with E-state index in [0.717, 1.165) is 35.0 Å². The number of aryl methyl sites for hydroxylation is 1. The van der Waals surface area contributed by atoms with E-state index >= 15 is 0 Å². The zero-order chi connectivity index (χ0) is 40.4. The lowest BCUT2D eigenvalue weighted by atomic mass is 9.57. The highest BCUT2D eigenvalue weighted by molar-refractivity contribution is 7.99. The van der Waals surface area contributed by atoms with Crippen LogP contribution in [-0.4, -0.2) is 7.28 Å². The fraction of sp³-hybridized carbons (Fsp3) is 0.222. The maximum atomic E-state index is 6.74. The van der Waals surface area contributed by atoms with Gasteiger partial charge in [-0.15, -0.1) is 0 Å². The van der Waals surface area contributed by atoms with Crippen molar-refractivity contribution < 1.29 is 4.74 Å². The molecule has 0 unspecified atom stereocenters. The van der Waals surface area contributed by atoms with E-state index in [2.05, 4.69) is 192 Å². The Labute approximate surface area is 354 Å². The van der Waals surface area contributed by atoms with E-state index < -0.39 is 0 Å². The Morgan fingerprint density at radius 2 is 1.29 bits per heavy atom. The molecule has 1 N–H and O–H groups in total. The fourth-order valence-electron chi connectivity index (χ4n) is 10.4. The number of benzene rings is 7. The van der Waals surface area contributed by atoms with Crippen LogP contribution in [0.25, 0.3) is 22.3 Å². The third-order valence-corrected chi connectivity index (χ3v) is 15.0. The second-order valence-electron chi connectivity index (χ2n) is 19.0. The van der Waals surface area contributed by atoms with Gasteiger partial charge in [0.15, 0.2) is 7.28 Å². The lowest BCUT2D eigenvalue weighted by molar-refractivity contribution is 0.332. The Kier molecular flexibility index (Phi) is 7.98. The van der Waals surface area contributed by atoms with Gasteiger partial charge in [-0.3, -0.25) is 0 Å². The molecule has 1 aliphatic carbocycles. The molecule has 7 aromatic carbocycles. The van der Waals surface area contributed by atoms with Gasteiger partial charge >= 0.3 is 0 Å². The summed E-state index contributed by atoms with van der Waals surface area (Å²) in [6.45, 7) is 16.8. The quantitative estimate of drug-likeness (QED) is 0.180. The summed E-state index contributed by atoms with van der Waals surface area (Å²) >= 11 is 1.81. The monoisotopic (exact) mass is 784 g/mol. The van der Waals surface area contributed by atoms with Crippen molar-refractivity contribution in [1.29, 1.82) is 0 Å². The minimum atomic E-state index is -0.170. The van der Waals surface area contributed by atoms with Crippen molar-refractivity contribution in [3.63, 3.8) is 0 Å². The molecule has 0 aromatic heterocycles. The van der Waals surface area contributed by atoms with Gasteiger partial charge in [0.05, 0.1) is 15.5 Å². The molecule has 59 heavy (non-hydrogen) atoms. The van der Waals surface area contributed by atoms with Crippen molar-refractivity contribution in [2.75, 3.05) is 10.2 Å². The molecule has 4 aliphatic rings. The SMILES string of the molecule is Cc1cc2c(cc1N1c3cc4c(cc3Bc3c(-c5cccc6c5Nc5ccccc5C6(C)C)cc(-c5ccccc5)cc31)Sc1ccccc1O4)C(C)(C)CCC2(C)C. The lowest BCUT2D eigenvalue weighted by Crippen LogP contribution is -2.42. The van der Waals surface area contributed by atoms with Crippen LogP contribution in [0.1, 0.15) is 82.2 Å². The van der Waals surface area contributed by atoms with Gasteiger partial charge in [0, 0.05) is 39.8 Å². The number of rotatable bonds is 3. The van der Waals surface area contributed by atoms with Gasteiger partial charge in [-0.1, -0.05) is 144 Å². The summed E-state index contributed by atoms with van der Waals surface area (Å²) in [7, 11) is 0.799. The molecule has 3 heterocycles. The standard InChI is InChI=1S/C54H49BN2OS/c1-32-26-39-40(53(4,5)25-24-52(39,2)3)29-43(32)57-44-31-47-49(59-48-23-14-13-22-46(48)58-47)30-41(44)55-50-36(27-34(28-45(50)57)33-16-9-8-10-17-33)35-18-15-20-38-51(35)56-42-21-12-11-19-37(42)54(38,6)7/h8-23,26-31,55-56H,24-25H2,1-7H3. The van der Waals surface area contributed by atoms with Crippen LogP contribution in [0.15, 0.2) is 143 Å². The van der Waals surface area contributed by atoms with E-state index in [1.165, 1.54) is 95.9 Å². The molecule has 0 bridgehead atoms. The second kappa shape index (κ2) is 12.9. The van der Waals surface area contributed by atoms with Gasteiger partial charge in [0.2, 0.25) is 0 Å². The molecular weight excluding hydrogens is 735 g/mol. The maximum Gasteiger partial charge on any atom is 0.198 e. The lowest BCUT2D eigenvalue weighted by Gasteiger charge is -2.44. The topological polar surface area (TPSA) is 24.5 Å². The van der Waals surface area contributed by atoms with Crippen molar-refractivity contribution in [3.05, 3.63) is 161 Å². The molecule has 0 radical (unpaired) electrons. The van der Waals surface area contributed by atoms with Crippen LogP contribution in [-0.2, 0) is 16.2 Å². The number of nitrogens with zero attached hydrogens (tertiary/aromatic N) is 1. The molecule has 7 aromatic rings. The Bertz CT molecular complexity index is 2890. The Morgan fingerprint density at radius 1 is 0.576 bits per heavy atom. The van der Waals surface area contributed by atoms with Gasteiger partial charge in [-0.2, -0.15) is 0 Å². The number of hydrogen-bond donors (Lipinski definition) is 1. The summed E-state index contributed by atoms with van der Waals surface area (Å²) in [4.78, 5) is 4.91. The van der Waals surface area contributed by atoms with E-state index in [1.807, 2.05) is 11.8 Å². The zero-order valence-electron chi connectivity index (χ0n) is 35.1. The number of ether oxygens (including phenoxy) is 1. The van der Waals surface area contributed by atoms with Crippen LogP contribution in [0.2, 0.25) is 0 Å². The molecule has 11 rings (SSSR count). The highest BCUT2D eigenvalue weighted by Gasteiger charge is 2.40. The molecule has 0 saturated heterocycles. The summed E-state index contributed by atoms with van der Waals surface area (Å²) in [6, 6.07) is 49.8. The number of fused-ring (bicyclic) bond motifs is 7. The predicted octanol–water partition coefficient (Wildman–Crippen LogP) is 13.5. The Hall–Kier alpha value is -5.65. The minimum absolute atomic E-state index is 0.0585. The van der Waals surface area contributed by atoms with Crippen LogP contribution < -0.4 is 25.9 Å². The minimum Gasteiger partial charge on any atom is -0.455 e. The number of para-hydroxylation sites is 3. The van der Waals surface area contributed by atoms with E-state index in [9.17, 15) is 0 Å². The number of nitrogens with one attached hydrogen (secondary N) is 1. The van der Waals surface area contributed by atoms with Gasteiger partial charge in [-0.25, -0.2) is 0 Å². The first kappa shape index (κ1) is 36.4. The van der Waals surface area contributed by atoms with Crippen LogP contribution in [0.5, 0.6) is 11.5 Å². The molecule has 0 atom stereocenters. The van der Waals surface area contributed by atoms with Gasteiger partial charge in [-0.05, 0) is 123 Å². The average Bonchev–Trinajstić information content (AvgIpc) is 3.23.